The molecule has 0 unspecified atom stereocenters. The first-order valence-electron chi connectivity index (χ1n) is 8.77. The summed E-state index contributed by atoms with van der Waals surface area (Å²) in [4.78, 5) is 36.6. The molecule has 1 heterocycles. The molecule has 3 rings (SSSR count). The average molecular weight is 417 g/mol. The van der Waals surface area contributed by atoms with Crippen molar-refractivity contribution in [1.82, 2.24) is 5.32 Å². The van der Waals surface area contributed by atoms with Gasteiger partial charge in [-0.1, -0.05) is 6.07 Å². The number of nitrogens with one attached hydrogen (secondary N) is 1. The Kier molecular flexibility index (Phi) is 6.10. The Morgan fingerprint density at radius 2 is 1.90 bits per heavy atom. The standard InChI is InChI=1S/C21H17F2NO6/c1-28-12-6-7-13-11(9-18(25)30-17(13)10-12)8-16(21(27)29-2)24-20(26)14-4-3-5-15(22)19(14)23/h3-7,9-10,16H,8H2,1-2H3,(H,24,26)/t16-/m0/s1. The van der Waals surface area contributed by atoms with Crippen molar-refractivity contribution >= 4 is 22.8 Å². The quantitative estimate of drug-likeness (QED) is 0.489. The predicted octanol–water partition coefficient (Wildman–Crippen LogP) is 2.59. The number of halogens is 2. The van der Waals surface area contributed by atoms with Gasteiger partial charge in [0.2, 0.25) is 0 Å². The van der Waals surface area contributed by atoms with Crippen LogP contribution in [0.1, 0.15) is 15.9 Å². The summed E-state index contributed by atoms with van der Waals surface area (Å²) in [7, 11) is 2.57. The second-order valence-corrected chi connectivity index (χ2v) is 6.31. The first kappa shape index (κ1) is 21.0. The lowest BCUT2D eigenvalue weighted by molar-refractivity contribution is -0.142. The molecule has 30 heavy (non-hydrogen) atoms. The molecule has 1 N–H and O–H groups in total. The molecule has 0 saturated heterocycles. The largest absolute Gasteiger partial charge is 0.497 e. The van der Waals surface area contributed by atoms with Gasteiger partial charge >= 0.3 is 11.6 Å². The van der Waals surface area contributed by atoms with Crippen LogP contribution in [-0.4, -0.2) is 32.1 Å². The van der Waals surface area contributed by atoms with E-state index in [0.29, 0.717) is 16.7 Å². The van der Waals surface area contributed by atoms with Gasteiger partial charge in [0.05, 0.1) is 19.8 Å². The SMILES string of the molecule is COC(=O)[C@H](Cc1cc(=O)oc2cc(OC)ccc12)NC(=O)c1cccc(F)c1F. The fourth-order valence-corrected chi connectivity index (χ4v) is 2.98. The molecule has 9 heteroatoms. The van der Waals surface area contributed by atoms with E-state index >= 15 is 0 Å². The zero-order chi connectivity index (χ0) is 21.8. The minimum atomic E-state index is -1.34. The van der Waals surface area contributed by atoms with Crippen LogP contribution in [-0.2, 0) is 16.0 Å². The van der Waals surface area contributed by atoms with Crippen molar-refractivity contribution < 1.29 is 32.3 Å². The number of benzene rings is 2. The van der Waals surface area contributed by atoms with Crippen molar-refractivity contribution in [2.45, 2.75) is 12.5 Å². The lowest BCUT2D eigenvalue weighted by atomic mass is 10.0. The topological polar surface area (TPSA) is 94.8 Å². The Morgan fingerprint density at radius 1 is 1.13 bits per heavy atom. The highest BCUT2D eigenvalue weighted by molar-refractivity contribution is 5.97. The van der Waals surface area contributed by atoms with Crippen LogP contribution in [0.25, 0.3) is 11.0 Å². The van der Waals surface area contributed by atoms with E-state index in [2.05, 4.69) is 5.32 Å². The molecular formula is C21H17F2NO6. The summed E-state index contributed by atoms with van der Waals surface area (Å²) in [6.07, 6.45) is -0.149. The Hall–Kier alpha value is -3.75. The monoisotopic (exact) mass is 417 g/mol. The van der Waals surface area contributed by atoms with Gasteiger partial charge in [0, 0.05) is 23.9 Å². The molecule has 1 amide bonds. The van der Waals surface area contributed by atoms with E-state index in [1.165, 1.54) is 25.3 Å². The maximum Gasteiger partial charge on any atom is 0.336 e. The molecule has 0 fully saturated rings. The first-order chi connectivity index (χ1) is 14.3. The van der Waals surface area contributed by atoms with Gasteiger partial charge in [0.1, 0.15) is 17.4 Å². The lowest BCUT2D eigenvalue weighted by Gasteiger charge is -2.17. The van der Waals surface area contributed by atoms with E-state index in [0.717, 1.165) is 19.2 Å². The number of rotatable bonds is 6. The van der Waals surface area contributed by atoms with Gasteiger partial charge in [-0.05, 0) is 29.8 Å². The molecule has 0 bridgehead atoms. The van der Waals surface area contributed by atoms with Crippen LogP contribution < -0.4 is 15.7 Å². The van der Waals surface area contributed by atoms with Crippen LogP contribution in [0.2, 0.25) is 0 Å². The third kappa shape index (κ3) is 4.29. The molecule has 3 aromatic rings. The van der Waals surface area contributed by atoms with Crippen LogP contribution in [0, 0.1) is 11.6 Å². The first-order valence-corrected chi connectivity index (χ1v) is 8.77. The molecule has 1 aromatic heterocycles. The van der Waals surface area contributed by atoms with E-state index in [-0.39, 0.29) is 12.0 Å². The normalized spacial score (nSPS) is 11.7. The maximum absolute atomic E-state index is 13.9. The van der Waals surface area contributed by atoms with Gasteiger partial charge in [-0.2, -0.15) is 0 Å². The molecule has 7 nitrogen and oxygen atoms in total. The van der Waals surface area contributed by atoms with Crippen LogP contribution in [0.4, 0.5) is 8.78 Å². The van der Waals surface area contributed by atoms with Gasteiger partial charge in [-0.3, -0.25) is 4.79 Å². The number of carbonyl (C=O) groups is 2. The van der Waals surface area contributed by atoms with E-state index in [9.17, 15) is 23.2 Å². The number of fused-ring (bicyclic) bond motifs is 1. The smallest absolute Gasteiger partial charge is 0.336 e. The van der Waals surface area contributed by atoms with Gasteiger partial charge < -0.3 is 19.2 Å². The number of hydrogen-bond donors (Lipinski definition) is 1. The highest BCUT2D eigenvalue weighted by atomic mass is 19.2. The highest BCUT2D eigenvalue weighted by Gasteiger charge is 2.26. The van der Waals surface area contributed by atoms with Crippen LogP contribution in [0.3, 0.4) is 0 Å². The Balaban J connectivity index is 1.96. The van der Waals surface area contributed by atoms with E-state index in [1.807, 2.05) is 0 Å². The zero-order valence-corrected chi connectivity index (χ0v) is 16.0. The second kappa shape index (κ2) is 8.73. The third-order valence-electron chi connectivity index (χ3n) is 4.45. The van der Waals surface area contributed by atoms with Crippen molar-refractivity contribution in [3.63, 3.8) is 0 Å². The van der Waals surface area contributed by atoms with Crippen LogP contribution in [0.5, 0.6) is 5.75 Å². The van der Waals surface area contributed by atoms with Crippen molar-refractivity contribution in [2.75, 3.05) is 14.2 Å². The van der Waals surface area contributed by atoms with Gasteiger partial charge in [0.25, 0.3) is 5.91 Å². The number of esters is 1. The van der Waals surface area contributed by atoms with E-state index < -0.39 is 40.7 Å². The molecule has 0 aliphatic carbocycles. The summed E-state index contributed by atoms with van der Waals surface area (Å²) in [6, 6.07) is 7.82. The summed E-state index contributed by atoms with van der Waals surface area (Å²) < 4.78 is 42.3. The Bertz CT molecular complexity index is 1170. The summed E-state index contributed by atoms with van der Waals surface area (Å²) >= 11 is 0. The number of methoxy groups -OCH3 is 2. The Morgan fingerprint density at radius 3 is 2.60 bits per heavy atom. The van der Waals surface area contributed by atoms with E-state index in [4.69, 9.17) is 13.9 Å². The zero-order valence-electron chi connectivity index (χ0n) is 16.0. The van der Waals surface area contributed by atoms with Crippen molar-refractivity contribution in [2.24, 2.45) is 0 Å². The number of ether oxygens (including phenoxy) is 2. The van der Waals surface area contributed by atoms with Gasteiger partial charge in [-0.25, -0.2) is 18.4 Å². The fourth-order valence-electron chi connectivity index (χ4n) is 2.98. The number of amides is 1. The van der Waals surface area contributed by atoms with E-state index in [1.54, 1.807) is 12.1 Å². The second-order valence-electron chi connectivity index (χ2n) is 6.31. The molecule has 1 atom stereocenters. The Labute approximate surface area is 169 Å². The molecule has 0 aliphatic heterocycles. The molecule has 2 aromatic carbocycles. The summed E-state index contributed by atoms with van der Waals surface area (Å²) in [6.45, 7) is 0. The number of carbonyl (C=O) groups excluding carboxylic acids is 2. The summed E-state index contributed by atoms with van der Waals surface area (Å²) in [5.41, 5.74) is -0.620. The van der Waals surface area contributed by atoms with Crippen molar-refractivity contribution in [1.29, 1.82) is 0 Å². The molecular weight excluding hydrogens is 400 g/mol. The van der Waals surface area contributed by atoms with Crippen molar-refractivity contribution in [3.8, 4) is 5.75 Å². The maximum atomic E-state index is 13.9. The van der Waals surface area contributed by atoms with Crippen LogP contribution in [0.15, 0.2) is 51.7 Å². The molecule has 0 aliphatic rings. The summed E-state index contributed by atoms with van der Waals surface area (Å²) in [5.74, 6) is -3.90. The average Bonchev–Trinajstić information content (AvgIpc) is 2.73. The highest BCUT2D eigenvalue weighted by Crippen LogP contribution is 2.23. The minimum Gasteiger partial charge on any atom is -0.497 e. The number of hydrogen-bond acceptors (Lipinski definition) is 6. The van der Waals surface area contributed by atoms with Crippen LogP contribution >= 0.6 is 0 Å². The van der Waals surface area contributed by atoms with Gasteiger partial charge in [0.15, 0.2) is 11.6 Å². The molecule has 0 radical (unpaired) electrons. The predicted molar refractivity (Wildman–Crippen MR) is 102 cm³/mol. The lowest BCUT2D eigenvalue weighted by Crippen LogP contribution is -2.43. The molecule has 0 spiro atoms. The molecule has 0 saturated carbocycles. The molecule has 156 valence electrons. The summed E-state index contributed by atoms with van der Waals surface area (Å²) in [5, 5.41) is 2.84. The third-order valence-corrected chi connectivity index (χ3v) is 4.45. The minimum absolute atomic E-state index is 0.149. The fraction of sp³-hybridized carbons (Fsp3) is 0.190. The van der Waals surface area contributed by atoms with Gasteiger partial charge in [-0.15, -0.1) is 0 Å². The van der Waals surface area contributed by atoms with Crippen molar-refractivity contribution in [3.05, 3.63) is 75.6 Å².